The zero-order valence-electron chi connectivity index (χ0n) is 15.2. The lowest BCUT2D eigenvalue weighted by Crippen LogP contribution is -2.22. The van der Waals surface area contributed by atoms with Crippen LogP contribution >= 0.6 is 11.3 Å². The summed E-state index contributed by atoms with van der Waals surface area (Å²) in [4.78, 5) is 18.2. The van der Waals surface area contributed by atoms with E-state index in [1.165, 1.54) is 17.4 Å². The van der Waals surface area contributed by atoms with E-state index in [4.69, 9.17) is 4.42 Å². The summed E-state index contributed by atoms with van der Waals surface area (Å²) in [6.45, 7) is 4.04. The van der Waals surface area contributed by atoms with Crippen molar-refractivity contribution in [1.29, 1.82) is 0 Å². The van der Waals surface area contributed by atoms with E-state index in [9.17, 15) is 9.18 Å². The van der Waals surface area contributed by atoms with Gasteiger partial charge in [0, 0.05) is 6.08 Å². The van der Waals surface area contributed by atoms with Gasteiger partial charge in [0.1, 0.15) is 21.9 Å². The van der Waals surface area contributed by atoms with E-state index in [-0.39, 0.29) is 11.4 Å². The predicted molar refractivity (Wildman–Crippen MR) is 109 cm³/mol. The molecule has 0 radical (unpaired) electrons. The van der Waals surface area contributed by atoms with Gasteiger partial charge in [0.2, 0.25) is 0 Å². The van der Waals surface area contributed by atoms with Crippen LogP contribution in [0.4, 0.5) is 4.39 Å². The zero-order chi connectivity index (χ0) is 19.4. The molecule has 0 aliphatic rings. The van der Waals surface area contributed by atoms with E-state index in [0.29, 0.717) is 26.6 Å². The molecule has 0 amide bonds. The Morgan fingerprint density at radius 3 is 2.75 bits per heavy atom. The van der Waals surface area contributed by atoms with Crippen molar-refractivity contribution < 1.29 is 8.81 Å². The summed E-state index contributed by atoms with van der Waals surface area (Å²) in [6, 6.07) is 13.8. The molecule has 4 nitrogen and oxygen atoms in total. The van der Waals surface area contributed by atoms with Crippen LogP contribution in [0.1, 0.15) is 16.9 Å². The van der Waals surface area contributed by atoms with E-state index in [1.807, 2.05) is 26.0 Å². The van der Waals surface area contributed by atoms with Crippen molar-refractivity contribution in [3.05, 3.63) is 86.1 Å². The Labute approximate surface area is 163 Å². The lowest BCUT2D eigenvalue weighted by Gasteiger charge is -1.99. The summed E-state index contributed by atoms with van der Waals surface area (Å²) >= 11 is 1.32. The second-order valence-electron chi connectivity index (χ2n) is 6.70. The van der Waals surface area contributed by atoms with Crippen molar-refractivity contribution in [2.45, 2.75) is 13.8 Å². The Morgan fingerprint density at radius 1 is 1.11 bits per heavy atom. The number of halogens is 1. The second kappa shape index (κ2) is 6.14. The van der Waals surface area contributed by atoms with Gasteiger partial charge < -0.3 is 4.42 Å². The minimum atomic E-state index is -0.348. The van der Waals surface area contributed by atoms with E-state index in [1.54, 1.807) is 40.8 Å². The van der Waals surface area contributed by atoms with Gasteiger partial charge in [-0.25, -0.2) is 13.8 Å². The molecule has 0 N–H and O–H groups in total. The number of furan rings is 1. The summed E-state index contributed by atoms with van der Waals surface area (Å²) in [6.07, 6.45) is 1.68. The van der Waals surface area contributed by atoms with Crippen LogP contribution < -0.4 is 10.1 Å². The molecule has 2 aromatic carbocycles. The highest BCUT2D eigenvalue weighted by Gasteiger charge is 2.14. The van der Waals surface area contributed by atoms with Crippen molar-refractivity contribution in [2.24, 2.45) is 0 Å². The fraction of sp³-hybridized carbons (Fsp3) is 0.0909. The van der Waals surface area contributed by atoms with Crippen molar-refractivity contribution in [3.8, 4) is 11.3 Å². The summed E-state index contributed by atoms with van der Waals surface area (Å²) < 4.78 is 21.9. The fourth-order valence-corrected chi connectivity index (χ4v) is 4.29. The van der Waals surface area contributed by atoms with Gasteiger partial charge in [-0.2, -0.15) is 0 Å². The normalized spacial score (nSPS) is 12.5. The maximum Gasteiger partial charge on any atom is 0.275 e. The molecule has 0 unspecified atom stereocenters. The van der Waals surface area contributed by atoms with Gasteiger partial charge in [-0.1, -0.05) is 29.5 Å². The number of thiazole rings is 1. The Balaban J connectivity index is 1.65. The number of benzene rings is 2. The van der Waals surface area contributed by atoms with Gasteiger partial charge in [-0.05, 0) is 55.3 Å². The van der Waals surface area contributed by atoms with Crippen LogP contribution in [-0.4, -0.2) is 9.38 Å². The van der Waals surface area contributed by atoms with E-state index < -0.39 is 0 Å². The van der Waals surface area contributed by atoms with E-state index >= 15 is 0 Å². The van der Waals surface area contributed by atoms with Gasteiger partial charge >= 0.3 is 0 Å². The topological polar surface area (TPSA) is 47.5 Å². The Kier molecular flexibility index (Phi) is 3.70. The van der Waals surface area contributed by atoms with Gasteiger partial charge in [-0.15, -0.1) is 0 Å². The van der Waals surface area contributed by atoms with Crippen LogP contribution in [-0.2, 0) is 0 Å². The van der Waals surface area contributed by atoms with Crippen molar-refractivity contribution >= 4 is 33.4 Å². The van der Waals surface area contributed by atoms with Crippen molar-refractivity contribution in [1.82, 2.24) is 9.38 Å². The van der Waals surface area contributed by atoms with Crippen LogP contribution in [0.5, 0.6) is 0 Å². The van der Waals surface area contributed by atoms with Gasteiger partial charge in [0.05, 0.1) is 16.6 Å². The lowest BCUT2D eigenvalue weighted by molar-refractivity contribution is 0.560. The molecule has 0 saturated carbocycles. The van der Waals surface area contributed by atoms with Crippen molar-refractivity contribution in [2.75, 3.05) is 0 Å². The highest BCUT2D eigenvalue weighted by Crippen LogP contribution is 2.25. The monoisotopic (exact) mass is 390 g/mol. The number of imidazole rings is 1. The van der Waals surface area contributed by atoms with Gasteiger partial charge in [-0.3, -0.25) is 4.79 Å². The molecule has 5 rings (SSSR count). The molecule has 28 heavy (non-hydrogen) atoms. The van der Waals surface area contributed by atoms with Crippen molar-refractivity contribution in [3.63, 3.8) is 0 Å². The number of hydrogen-bond acceptors (Lipinski definition) is 4. The summed E-state index contributed by atoms with van der Waals surface area (Å²) in [5, 5.41) is 0. The first kappa shape index (κ1) is 16.9. The molecule has 6 heteroatoms. The Morgan fingerprint density at radius 2 is 1.93 bits per heavy atom. The fourth-order valence-electron chi connectivity index (χ4n) is 3.33. The molecular formula is C22H15FN2O2S. The highest BCUT2D eigenvalue weighted by atomic mass is 32.1. The average Bonchev–Trinajstić information content (AvgIpc) is 3.36. The SMILES string of the molecule is Cc1ccc2c(nc3s/c(=C\c4ccc(-c5ccccc5F)o4)c(=O)n32)c1C. The molecule has 0 aliphatic heterocycles. The van der Waals surface area contributed by atoms with Crippen LogP contribution in [0, 0.1) is 19.7 Å². The lowest BCUT2D eigenvalue weighted by atomic mass is 10.1. The van der Waals surface area contributed by atoms with Crippen LogP contribution in [0.25, 0.3) is 33.4 Å². The van der Waals surface area contributed by atoms with Crippen LogP contribution in [0.3, 0.4) is 0 Å². The molecule has 0 bridgehead atoms. The first-order valence-electron chi connectivity index (χ1n) is 8.80. The highest BCUT2D eigenvalue weighted by molar-refractivity contribution is 7.15. The molecule has 3 heterocycles. The Hall–Kier alpha value is -3.25. The predicted octanol–water partition coefficient (Wildman–Crippen LogP) is 4.47. The minimum absolute atomic E-state index is 0.130. The second-order valence-corrected chi connectivity index (χ2v) is 7.71. The third-order valence-electron chi connectivity index (χ3n) is 4.97. The first-order chi connectivity index (χ1) is 13.5. The van der Waals surface area contributed by atoms with Crippen LogP contribution in [0.2, 0.25) is 0 Å². The molecule has 0 spiro atoms. The first-order valence-corrected chi connectivity index (χ1v) is 9.62. The molecule has 5 aromatic rings. The smallest absolute Gasteiger partial charge is 0.275 e. The summed E-state index contributed by atoms with van der Waals surface area (Å²) in [7, 11) is 0. The van der Waals surface area contributed by atoms with Gasteiger partial charge in [0.15, 0.2) is 4.96 Å². The number of aromatic nitrogens is 2. The van der Waals surface area contributed by atoms with E-state index in [0.717, 1.165) is 22.2 Å². The maximum absolute atomic E-state index is 14.0. The van der Waals surface area contributed by atoms with Crippen LogP contribution in [0.15, 0.2) is 57.7 Å². The summed E-state index contributed by atoms with van der Waals surface area (Å²) in [5.74, 6) is 0.575. The summed E-state index contributed by atoms with van der Waals surface area (Å²) in [5.41, 5.74) is 4.16. The largest absolute Gasteiger partial charge is 0.457 e. The Bertz CT molecular complexity index is 1480. The van der Waals surface area contributed by atoms with Gasteiger partial charge in [0.25, 0.3) is 5.56 Å². The standard InChI is InChI=1S/C22H15FN2O2S/c1-12-7-9-17-20(13(12)2)24-22-25(17)21(26)19(28-22)11-14-8-10-18(27-14)15-5-3-4-6-16(15)23/h3-11H,1-2H3/b19-11-. The molecule has 0 fully saturated rings. The molecule has 3 aromatic heterocycles. The zero-order valence-corrected chi connectivity index (χ0v) is 16.0. The maximum atomic E-state index is 14.0. The molecular weight excluding hydrogens is 375 g/mol. The molecule has 0 aliphatic carbocycles. The quantitative estimate of drug-likeness (QED) is 0.447. The third kappa shape index (κ3) is 2.49. The number of hydrogen-bond donors (Lipinski definition) is 0. The number of rotatable bonds is 2. The number of nitrogens with zero attached hydrogens (tertiary/aromatic N) is 2. The molecule has 0 saturated heterocycles. The molecule has 0 atom stereocenters. The third-order valence-corrected chi connectivity index (χ3v) is 5.94. The minimum Gasteiger partial charge on any atom is -0.457 e. The van der Waals surface area contributed by atoms with E-state index in [2.05, 4.69) is 4.98 Å². The number of aryl methyl sites for hydroxylation is 2. The molecule has 138 valence electrons. The number of fused-ring (bicyclic) bond motifs is 3. The average molecular weight is 390 g/mol.